The SMILES string of the molecule is Cc1ccc(C(=O)OC(C)C(=O)Nc2cc(Cl)ccc2Cl)cc1S(=O)(=O)N1CCCCC1. The van der Waals surface area contributed by atoms with Gasteiger partial charge in [0.1, 0.15) is 0 Å². The maximum atomic E-state index is 13.1. The van der Waals surface area contributed by atoms with Crippen LogP contribution in [0.15, 0.2) is 41.3 Å². The number of esters is 1. The van der Waals surface area contributed by atoms with E-state index in [9.17, 15) is 18.0 Å². The number of nitrogens with zero attached hydrogens (tertiary/aromatic N) is 1. The van der Waals surface area contributed by atoms with Gasteiger partial charge in [0, 0.05) is 18.1 Å². The molecule has 1 atom stereocenters. The third-order valence-corrected chi connectivity index (χ3v) is 7.80. The van der Waals surface area contributed by atoms with E-state index in [0.29, 0.717) is 23.7 Å². The number of carbonyl (C=O) groups is 2. The van der Waals surface area contributed by atoms with Crippen molar-refractivity contribution >= 4 is 50.8 Å². The van der Waals surface area contributed by atoms with Crippen LogP contribution in [-0.4, -0.2) is 43.8 Å². The van der Waals surface area contributed by atoms with Crippen molar-refractivity contribution in [1.82, 2.24) is 4.31 Å². The molecule has 1 aliphatic heterocycles. The first-order chi connectivity index (χ1) is 15.1. The number of hydrogen-bond donors (Lipinski definition) is 1. The highest BCUT2D eigenvalue weighted by atomic mass is 35.5. The van der Waals surface area contributed by atoms with Gasteiger partial charge in [-0.15, -0.1) is 0 Å². The van der Waals surface area contributed by atoms with Crippen LogP contribution >= 0.6 is 23.2 Å². The van der Waals surface area contributed by atoms with E-state index in [0.717, 1.165) is 19.3 Å². The summed E-state index contributed by atoms with van der Waals surface area (Å²) in [4.78, 5) is 25.1. The van der Waals surface area contributed by atoms with Crippen LogP contribution in [0.3, 0.4) is 0 Å². The molecule has 1 amide bonds. The maximum absolute atomic E-state index is 13.1. The lowest BCUT2D eigenvalue weighted by Crippen LogP contribution is -2.36. The predicted molar refractivity (Wildman–Crippen MR) is 124 cm³/mol. The summed E-state index contributed by atoms with van der Waals surface area (Å²) in [7, 11) is -3.72. The minimum absolute atomic E-state index is 0.0478. The van der Waals surface area contributed by atoms with Crippen LogP contribution in [0.25, 0.3) is 0 Å². The van der Waals surface area contributed by atoms with Crippen molar-refractivity contribution in [3.63, 3.8) is 0 Å². The van der Waals surface area contributed by atoms with Crippen LogP contribution < -0.4 is 5.32 Å². The second kappa shape index (κ2) is 10.2. The molecule has 0 aromatic heterocycles. The maximum Gasteiger partial charge on any atom is 0.338 e. The molecule has 1 unspecified atom stereocenters. The monoisotopic (exact) mass is 498 g/mol. The van der Waals surface area contributed by atoms with Crippen molar-refractivity contribution in [2.45, 2.75) is 44.1 Å². The third-order valence-electron chi connectivity index (χ3n) is 5.20. The molecule has 0 spiro atoms. The summed E-state index contributed by atoms with van der Waals surface area (Å²) < 4.78 is 32.8. The summed E-state index contributed by atoms with van der Waals surface area (Å²) in [6.45, 7) is 4.00. The molecule has 0 bridgehead atoms. The number of aryl methyl sites for hydroxylation is 1. The fourth-order valence-electron chi connectivity index (χ4n) is 3.36. The third kappa shape index (κ3) is 5.61. The fraction of sp³-hybridized carbons (Fsp3) is 0.364. The normalized spacial score (nSPS) is 15.8. The van der Waals surface area contributed by atoms with E-state index in [4.69, 9.17) is 27.9 Å². The number of halogens is 2. The molecule has 2 aromatic carbocycles. The van der Waals surface area contributed by atoms with Gasteiger partial charge in [-0.05, 0) is 62.6 Å². The van der Waals surface area contributed by atoms with Gasteiger partial charge in [0.05, 0.1) is 21.2 Å². The Labute approximate surface area is 197 Å². The molecule has 3 rings (SSSR count). The zero-order valence-corrected chi connectivity index (χ0v) is 20.1. The van der Waals surface area contributed by atoms with Crippen LogP contribution in [0, 0.1) is 6.92 Å². The molecule has 2 aromatic rings. The lowest BCUT2D eigenvalue weighted by molar-refractivity contribution is -0.123. The quantitative estimate of drug-likeness (QED) is 0.584. The Morgan fingerprint density at radius 2 is 1.75 bits per heavy atom. The zero-order valence-electron chi connectivity index (χ0n) is 17.7. The van der Waals surface area contributed by atoms with Crippen molar-refractivity contribution in [3.05, 3.63) is 57.6 Å². The van der Waals surface area contributed by atoms with Gasteiger partial charge < -0.3 is 10.1 Å². The summed E-state index contributed by atoms with van der Waals surface area (Å²) in [5.41, 5.74) is 0.873. The standard InChI is InChI=1S/C22H24Cl2N2O5S/c1-14-6-7-16(12-20(14)32(29,30)26-10-4-3-5-11-26)22(28)31-15(2)21(27)25-19-13-17(23)8-9-18(19)24/h6-9,12-13,15H,3-5,10-11H2,1-2H3,(H,25,27). The molecule has 0 radical (unpaired) electrons. The number of nitrogens with one attached hydrogen (secondary N) is 1. The number of ether oxygens (including phenoxy) is 1. The highest BCUT2D eigenvalue weighted by Crippen LogP contribution is 2.27. The largest absolute Gasteiger partial charge is 0.449 e. The average Bonchev–Trinajstić information content (AvgIpc) is 2.76. The van der Waals surface area contributed by atoms with E-state index in [2.05, 4.69) is 5.32 Å². The summed E-state index contributed by atoms with van der Waals surface area (Å²) in [5, 5.41) is 3.23. The number of benzene rings is 2. The molecule has 0 aliphatic carbocycles. The highest BCUT2D eigenvalue weighted by molar-refractivity contribution is 7.89. The van der Waals surface area contributed by atoms with E-state index >= 15 is 0 Å². The van der Waals surface area contributed by atoms with Gasteiger partial charge in [0.15, 0.2) is 6.10 Å². The second-order valence-corrected chi connectivity index (χ2v) is 10.4. The smallest absolute Gasteiger partial charge is 0.338 e. The average molecular weight is 499 g/mol. The number of amides is 1. The van der Waals surface area contributed by atoms with Gasteiger partial charge in [-0.3, -0.25) is 4.79 Å². The molecule has 10 heteroatoms. The number of piperidine rings is 1. The first-order valence-electron chi connectivity index (χ1n) is 10.2. The summed E-state index contributed by atoms with van der Waals surface area (Å²) in [6.07, 6.45) is 1.46. The van der Waals surface area contributed by atoms with E-state index in [1.807, 2.05) is 0 Å². The van der Waals surface area contributed by atoms with Gasteiger partial charge in [0.25, 0.3) is 5.91 Å². The van der Waals surface area contributed by atoms with Crippen molar-refractivity contribution in [2.75, 3.05) is 18.4 Å². The van der Waals surface area contributed by atoms with Crippen LogP contribution in [0.2, 0.25) is 10.0 Å². The number of sulfonamides is 1. The van der Waals surface area contributed by atoms with Crippen molar-refractivity contribution in [1.29, 1.82) is 0 Å². The van der Waals surface area contributed by atoms with Crippen molar-refractivity contribution < 1.29 is 22.7 Å². The van der Waals surface area contributed by atoms with E-state index in [1.165, 1.54) is 35.5 Å². The van der Waals surface area contributed by atoms with Crippen LogP contribution in [-0.2, 0) is 19.6 Å². The first kappa shape index (κ1) is 24.5. The summed E-state index contributed by atoms with van der Waals surface area (Å²) in [5.74, 6) is -1.41. The lowest BCUT2D eigenvalue weighted by Gasteiger charge is -2.26. The van der Waals surface area contributed by atoms with Crippen LogP contribution in [0.1, 0.15) is 42.1 Å². The Morgan fingerprint density at radius 3 is 2.44 bits per heavy atom. The minimum atomic E-state index is -3.72. The molecule has 1 heterocycles. The Kier molecular flexibility index (Phi) is 7.82. The molecule has 0 saturated carbocycles. The van der Waals surface area contributed by atoms with Crippen molar-refractivity contribution in [2.24, 2.45) is 0 Å². The van der Waals surface area contributed by atoms with E-state index in [-0.39, 0.29) is 21.2 Å². The predicted octanol–water partition coefficient (Wildman–Crippen LogP) is 4.66. The van der Waals surface area contributed by atoms with Gasteiger partial charge >= 0.3 is 5.97 Å². The zero-order chi connectivity index (χ0) is 23.5. The van der Waals surface area contributed by atoms with E-state index < -0.39 is 28.0 Å². The molecule has 1 saturated heterocycles. The second-order valence-electron chi connectivity index (χ2n) is 7.61. The highest BCUT2D eigenvalue weighted by Gasteiger charge is 2.29. The van der Waals surface area contributed by atoms with Crippen LogP contribution in [0.4, 0.5) is 5.69 Å². The Bertz CT molecular complexity index is 1130. The Hall–Kier alpha value is -2.13. The number of rotatable bonds is 6. The van der Waals surface area contributed by atoms with Gasteiger partial charge in [-0.1, -0.05) is 35.7 Å². The number of carbonyl (C=O) groups excluding carboxylic acids is 2. The van der Waals surface area contributed by atoms with E-state index in [1.54, 1.807) is 19.1 Å². The molecule has 1 aliphatic rings. The minimum Gasteiger partial charge on any atom is -0.449 e. The molecule has 32 heavy (non-hydrogen) atoms. The van der Waals surface area contributed by atoms with Crippen molar-refractivity contribution in [3.8, 4) is 0 Å². The van der Waals surface area contributed by atoms with Crippen LogP contribution in [0.5, 0.6) is 0 Å². The molecule has 172 valence electrons. The fourth-order valence-corrected chi connectivity index (χ4v) is 5.46. The summed E-state index contributed by atoms with van der Waals surface area (Å²) >= 11 is 12.0. The lowest BCUT2D eigenvalue weighted by atomic mass is 10.1. The Balaban J connectivity index is 1.74. The molecule has 7 nitrogen and oxygen atoms in total. The first-order valence-corrected chi connectivity index (χ1v) is 12.4. The molecular formula is C22H24Cl2N2O5S. The van der Waals surface area contributed by atoms with Gasteiger partial charge in [-0.25, -0.2) is 13.2 Å². The number of hydrogen-bond acceptors (Lipinski definition) is 5. The van der Waals surface area contributed by atoms with Gasteiger partial charge in [0.2, 0.25) is 10.0 Å². The number of anilines is 1. The molecule has 1 fully saturated rings. The topological polar surface area (TPSA) is 92.8 Å². The Morgan fingerprint density at radius 1 is 1.06 bits per heavy atom. The summed E-state index contributed by atoms with van der Waals surface area (Å²) in [6, 6.07) is 8.94. The van der Waals surface area contributed by atoms with Gasteiger partial charge in [-0.2, -0.15) is 4.31 Å². The molecular weight excluding hydrogens is 475 g/mol. The molecule has 1 N–H and O–H groups in total.